The summed E-state index contributed by atoms with van der Waals surface area (Å²) in [6.07, 6.45) is 4.39. The highest BCUT2D eigenvalue weighted by atomic mass is 35.5. The monoisotopic (exact) mass is 280 g/mol. The summed E-state index contributed by atoms with van der Waals surface area (Å²) < 4.78 is 27.3. The Morgan fingerprint density at radius 3 is 2.50 bits per heavy atom. The van der Waals surface area contributed by atoms with Crippen molar-refractivity contribution in [2.24, 2.45) is 4.40 Å². The molecule has 1 aromatic carbocycles. The maximum absolute atomic E-state index is 11.9. The van der Waals surface area contributed by atoms with Gasteiger partial charge in [-0.25, -0.2) is 0 Å². The fourth-order valence-electron chi connectivity index (χ4n) is 1.25. The molecular formula is C12H9ClN2O2S. The van der Waals surface area contributed by atoms with Gasteiger partial charge < -0.3 is 0 Å². The molecule has 0 spiro atoms. The topological polar surface area (TPSA) is 59.4 Å². The van der Waals surface area contributed by atoms with Crippen LogP contribution in [0.4, 0.5) is 0 Å². The third-order valence-electron chi connectivity index (χ3n) is 2.14. The summed E-state index contributed by atoms with van der Waals surface area (Å²) in [4.78, 5) is 3.97. The molecule has 0 radical (unpaired) electrons. The van der Waals surface area contributed by atoms with Crippen LogP contribution in [0.1, 0.15) is 5.56 Å². The van der Waals surface area contributed by atoms with Gasteiger partial charge in [0.2, 0.25) is 0 Å². The van der Waals surface area contributed by atoms with E-state index in [2.05, 4.69) is 9.38 Å². The van der Waals surface area contributed by atoms with Crippen LogP contribution in [0.25, 0.3) is 0 Å². The molecule has 0 atom stereocenters. The number of benzene rings is 1. The predicted molar refractivity (Wildman–Crippen MR) is 70.5 cm³/mol. The highest BCUT2D eigenvalue weighted by molar-refractivity contribution is 7.90. The van der Waals surface area contributed by atoms with Crippen LogP contribution in [0.3, 0.4) is 0 Å². The molecule has 2 rings (SSSR count). The van der Waals surface area contributed by atoms with Crippen molar-refractivity contribution < 1.29 is 8.42 Å². The molecule has 1 heterocycles. The molecule has 0 unspecified atom stereocenters. The van der Waals surface area contributed by atoms with Gasteiger partial charge in [0.15, 0.2) is 0 Å². The lowest BCUT2D eigenvalue weighted by Crippen LogP contribution is -1.97. The minimum absolute atomic E-state index is 0.104. The van der Waals surface area contributed by atoms with Gasteiger partial charge in [-0.2, -0.15) is 12.8 Å². The van der Waals surface area contributed by atoms with Crippen LogP contribution in [-0.4, -0.2) is 19.6 Å². The fourth-order valence-corrected chi connectivity index (χ4v) is 2.24. The highest BCUT2D eigenvalue weighted by Gasteiger charge is 2.10. The van der Waals surface area contributed by atoms with E-state index >= 15 is 0 Å². The molecule has 18 heavy (non-hydrogen) atoms. The summed E-state index contributed by atoms with van der Waals surface area (Å²) in [6.45, 7) is 0. The summed E-state index contributed by atoms with van der Waals surface area (Å²) in [6, 6.07) is 9.27. The van der Waals surface area contributed by atoms with Gasteiger partial charge in [-0.3, -0.25) is 4.98 Å². The number of pyridine rings is 1. The van der Waals surface area contributed by atoms with Crippen molar-refractivity contribution in [3.8, 4) is 0 Å². The van der Waals surface area contributed by atoms with Crippen LogP contribution in [-0.2, 0) is 10.0 Å². The molecule has 0 aliphatic rings. The van der Waals surface area contributed by atoms with Gasteiger partial charge in [0.25, 0.3) is 10.0 Å². The molecule has 0 bridgehead atoms. The van der Waals surface area contributed by atoms with E-state index in [1.54, 1.807) is 18.3 Å². The first-order valence-electron chi connectivity index (χ1n) is 5.04. The van der Waals surface area contributed by atoms with Gasteiger partial charge >= 0.3 is 0 Å². The van der Waals surface area contributed by atoms with Crippen LogP contribution in [0, 0.1) is 0 Å². The van der Waals surface area contributed by atoms with Gasteiger partial charge in [0.05, 0.1) is 4.90 Å². The van der Waals surface area contributed by atoms with E-state index < -0.39 is 10.0 Å². The first-order chi connectivity index (χ1) is 8.58. The average molecular weight is 281 g/mol. The van der Waals surface area contributed by atoms with Gasteiger partial charge in [0.1, 0.15) is 0 Å². The van der Waals surface area contributed by atoms with Crippen LogP contribution in [0.2, 0.25) is 5.02 Å². The third-order valence-corrected chi connectivity index (χ3v) is 3.64. The molecular weight excluding hydrogens is 272 g/mol. The van der Waals surface area contributed by atoms with E-state index in [9.17, 15) is 8.42 Å². The van der Waals surface area contributed by atoms with Crippen molar-refractivity contribution in [2.45, 2.75) is 4.90 Å². The SMILES string of the molecule is O=S(=O)(N=Cc1cccnc1)c1ccc(Cl)cc1. The Labute approximate surface area is 110 Å². The van der Waals surface area contributed by atoms with E-state index in [1.165, 1.54) is 36.7 Å². The van der Waals surface area contributed by atoms with Crippen molar-refractivity contribution in [1.82, 2.24) is 4.98 Å². The molecule has 0 amide bonds. The van der Waals surface area contributed by atoms with E-state index in [1.807, 2.05) is 0 Å². The quantitative estimate of drug-likeness (QED) is 0.812. The third kappa shape index (κ3) is 3.15. The second-order valence-electron chi connectivity index (χ2n) is 3.45. The molecule has 0 aliphatic heterocycles. The summed E-state index contributed by atoms with van der Waals surface area (Å²) in [5.74, 6) is 0. The predicted octanol–water partition coefficient (Wildman–Crippen LogP) is 2.54. The Morgan fingerprint density at radius 2 is 1.89 bits per heavy atom. The molecule has 6 heteroatoms. The lowest BCUT2D eigenvalue weighted by Gasteiger charge is -1.98. The molecule has 0 N–H and O–H groups in total. The van der Waals surface area contributed by atoms with Gasteiger partial charge in [0, 0.05) is 29.2 Å². The number of rotatable bonds is 3. The van der Waals surface area contributed by atoms with Crippen LogP contribution >= 0.6 is 11.6 Å². The Hall–Kier alpha value is -1.72. The summed E-state index contributed by atoms with van der Waals surface area (Å²) in [7, 11) is -3.69. The van der Waals surface area contributed by atoms with Crippen molar-refractivity contribution in [3.05, 3.63) is 59.4 Å². The maximum atomic E-state index is 11.9. The zero-order chi connectivity index (χ0) is 13.0. The zero-order valence-electron chi connectivity index (χ0n) is 9.19. The van der Waals surface area contributed by atoms with Gasteiger partial charge in [-0.1, -0.05) is 17.7 Å². The first kappa shape index (κ1) is 12.7. The standard InChI is InChI=1S/C12H9ClN2O2S/c13-11-3-5-12(6-4-11)18(16,17)15-9-10-2-1-7-14-8-10/h1-9H. The minimum atomic E-state index is -3.69. The number of sulfonamides is 1. The Balaban J connectivity index is 2.28. The summed E-state index contributed by atoms with van der Waals surface area (Å²) in [5, 5.41) is 0.477. The van der Waals surface area contributed by atoms with Gasteiger partial charge in [-0.15, -0.1) is 0 Å². The molecule has 92 valence electrons. The molecule has 0 aliphatic carbocycles. The number of halogens is 1. The molecule has 4 nitrogen and oxygen atoms in total. The Kier molecular flexibility index (Phi) is 3.74. The molecule has 2 aromatic rings. The van der Waals surface area contributed by atoms with Crippen molar-refractivity contribution in [3.63, 3.8) is 0 Å². The van der Waals surface area contributed by atoms with Crippen molar-refractivity contribution in [2.75, 3.05) is 0 Å². The van der Waals surface area contributed by atoms with Crippen LogP contribution in [0.5, 0.6) is 0 Å². The Bertz CT molecular complexity index is 652. The van der Waals surface area contributed by atoms with Crippen LogP contribution < -0.4 is 0 Å². The highest BCUT2D eigenvalue weighted by Crippen LogP contribution is 2.15. The number of aromatic nitrogens is 1. The molecule has 0 saturated heterocycles. The molecule has 1 aromatic heterocycles. The number of nitrogens with zero attached hydrogens (tertiary/aromatic N) is 2. The second-order valence-corrected chi connectivity index (χ2v) is 5.52. The lowest BCUT2D eigenvalue weighted by molar-refractivity contribution is 0.598. The van der Waals surface area contributed by atoms with E-state index in [-0.39, 0.29) is 4.90 Å². The molecule has 0 saturated carbocycles. The number of hydrogen-bond acceptors (Lipinski definition) is 3. The smallest absolute Gasteiger partial charge is 0.264 e. The van der Waals surface area contributed by atoms with E-state index in [0.29, 0.717) is 10.6 Å². The van der Waals surface area contributed by atoms with E-state index in [4.69, 9.17) is 11.6 Å². The van der Waals surface area contributed by atoms with E-state index in [0.717, 1.165) is 0 Å². The normalized spacial score (nSPS) is 11.8. The summed E-state index contributed by atoms with van der Waals surface area (Å²) >= 11 is 5.69. The van der Waals surface area contributed by atoms with Crippen molar-refractivity contribution in [1.29, 1.82) is 0 Å². The summed E-state index contributed by atoms with van der Waals surface area (Å²) in [5.41, 5.74) is 0.620. The minimum Gasteiger partial charge on any atom is -0.264 e. The van der Waals surface area contributed by atoms with Gasteiger partial charge in [-0.05, 0) is 30.3 Å². The number of hydrogen-bond donors (Lipinski definition) is 0. The van der Waals surface area contributed by atoms with Crippen LogP contribution in [0.15, 0.2) is 58.1 Å². The molecule has 0 fully saturated rings. The van der Waals surface area contributed by atoms with Crippen molar-refractivity contribution >= 4 is 27.8 Å². The maximum Gasteiger partial charge on any atom is 0.282 e. The fraction of sp³-hybridized carbons (Fsp3) is 0. The average Bonchev–Trinajstić information content (AvgIpc) is 2.38. The second kappa shape index (κ2) is 5.29. The first-order valence-corrected chi connectivity index (χ1v) is 6.86. The lowest BCUT2D eigenvalue weighted by atomic mass is 10.3. The zero-order valence-corrected chi connectivity index (χ0v) is 10.8. The largest absolute Gasteiger partial charge is 0.282 e. The Morgan fingerprint density at radius 1 is 1.17 bits per heavy atom.